The van der Waals surface area contributed by atoms with Crippen LogP contribution >= 0.6 is 0 Å². The second kappa shape index (κ2) is 9.55. The smallest absolute Gasteiger partial charge is 0.295 e. The maximum absolute atomic E-state index is 14.8. The number of hydrogen-bond donors (Lipinski definition) is 1. The average Bonchev–Trinajstić information content (AvgIpc) is 3.06. The molecule has 3 aromatic carbocycles. The van der Waals surface area contributed by atoms with E-state index >= 15 is 0 Å². The Kier molecular flexibility index (Phi) is 6.56. The molecule has 0 saturated carbocycles. The van der Waals surface area contributed by atoms with Gasteiger partial charge in [-0.25, -0.2) is 4.39 Å². The Morgan fingerprint density at radius 1 is 1.03 bits per heavy atom. The maximum Gasteiger partial charge on any atom is 0.295 e. The number of aliphatic hydroxyl groups is 1. The Hall–Kier alpha value is -3.51. The largest absolute Gasteiger partial charge is 0.507 e. The SMILES string of the molecule is CC(C)OCCCN1C(=O)C(=O)/C(=C(/O)c2ccc3ccccc3c2)C1c1ccccc1F. The number of carbonyl (C=O) groups excluding carboxylic acids is 2. The van der Waals surface area contributed by atoms with Gasteiger partial charge in [0.2, 0.25) is 0 Å². The highest BCUT2D eigenvalue weighted by atomic mass is 19.1. The van der Waals surface area contributed by atoms with Crippen molar-refractivity contribution < 1.29 is 23.8 Å². The summed E-state index contributed by atoms with van der Waals surface area (Å²) in [6.45, 7) is 4.42. The molecule has 5 nitrogen and oxygen atoms in total. The van der Waals surface area contributed by atoms with Crippen molar-refractivity contribution in [2.45, 2.75) is 32.4 Å². The Morgan fingerprint density at radius 3 is 2.45 bits per heavy atom. The zero-order chi connectivity index (χ0) is 23.5. The van der Waals surface area contributed by atoms with E-state index in [1.54, 1.807) is 24.3 Å². The first kappa shape index (κ1) is 22.7. The van der Waals surface area contributed by atoms with E-state index in [1.807, 2.05) is 44.2 Å². The maximum atomic E-state index is 14.8. The average molecular weight is 448 g/mol. The van der Waals surface area contributed by atoms with Gasteiger partial charge in [-0.2, -0.15) is 0 Å². The first-order valence-corrected chi connectivity index (χ1v) is 11.0. The first-order valence-electron chi connectivity index (χ1n) is 11.0. The summed E-state index contributed by atoms with van der Waals surface area (Å²) in [5, 5.41) is 13.0. The van der Waals surface area contributed by atoms with Gasteiger partial charge in [-0.1, -0.05) is 54.6 Å². The standard InChI is InChI=1S/C27H26FNO4/c1-17(2)33-15-7-14-29-24(21-10-5-6-11-22(21)28)23(26(31)27(29)32)25(30)20-13-12-18-8-3-4-9-19(18)16-20/h3-6,8-13,16-17,24,30H,7,14-15H2,1-2H3/b25-23+. The Morgan fingerprint density at radius 2 is 1.73 bits per heavy atom. The van der Waals surface area contributed by atoms with Crippen LogP contribution in [0.1, 0.15) is 37.4 Å². The van der Waals surface area contributed by atoms with Crippen molar-refractivity contribution in [2.75, 3.05) is 13.2 Å². The van der Waals surface area contributed by atoms with Gasteiger partial charge in [0.15, 0.2) is 0 Å². The lowest BCUT2D eigenvalue weighted by molar-refractivity contribution is -0.140. The van der Waals surface area contributed by atoms with Crippen LogP contribution < -0.4 is 0 Å². The predicted molar refractivity (Wildman–Crippen MR) is 125 cm³/mol. The van der Waals surface area contributed by atoms with E-state index in [0.29, 0.717) is 18.6 Å². The highest BCUT2D eigenvalue weighted by molar-refractivity contribution is 6.46. The molecule has 0 spiro atoms. The van der Waals surface area contributed by atoms with Crippen LogP contribution in [0.25, 0.3) is 16.5 Å². The number of ketones is 1. The van der Waals surface area contributed by atoms with E-state index in [2.05, 4.69) is 0 Å². The lowest BCUT2D eigenvalue weighted by Gasteiger charge is -2.25. The van der Waals surface area contributed by atoms with E-state index < -0.39 is 23.5 Å². The molecule has 1 aliphatic heterocycles. The molecule has 1 heterocycles. The van der Waals surface area contributed by atoms with E-state index in [9.17, 15) is 19.1 Å². The number of hydrogen-bond acceptors (Lipinski definition) is 4. The molecule has 1 amide bonds. The fourth-order valence-corrected chi connectivity index (χ4v) is 4.18. The molecular weight excluding hydrogens is 421 g/mol. The van der Waals surface area contributed by atoms with Crippen LogP contribution in [0.2, 0.25) is 0 Å². The van der Waals surface area contributed by atoms with Gasteiger partial charge in [0.05, 0.1) is 17.7 Å². The molecule has 1 fully saturated rings. The van der Waals surface area contributed by atoms with Gasteiger partial charge < -0.3 is 14.7 Å². The molecule has 33 heavy (non-hydrogen) atoms. The molecule has 1 unspecified atom stereocenters. The summed E-state index contributed by atoms with van der Waals surface area (Å²) in [6, 6.07) is 17.9. The minimum atomic E-state index is -1.02. The van der Waals surface area contributed by atoms with Crippen molar-refractivity contribution in [3.05, 3.63) is 89.2 Å². The monoisotopic (exact) mass is 447 g/mol. The second-order valence-electron chi connectivity index (χ2n) is 8.35. The van der Waals surface area contributed by atoms with Gasteiger partial charge in [-0.05, 0) is 43.2 Å². The van der Waals surface area contributed by atoms with Crippen molar-refractivity contribution in [2.24, 2.45) is 0 Å². The second-order valence-corrected chi connectivity index (χ2v) is 8.35. The summed E-state index contributed by atoms with van der Waals surface area (Å²) in [4.78, 5) is 27.4. The van der Waals surface area contributed by atoms with Gasteiger partial charge in [0, 0.05) is 24.3 Å². The minimum absolute atomic E-state index is 0.0377. The molecular formula is C27H26FNO4. The fraction of sp³-hybridized carbons (Fsp3) is 0.259. The molecule has 1 aliphatic rings. The summed E-state index contributed by atoms with van der Waals surface area (Å²) in [5.41, 5.74) is 0.463. The number of amides is 1. The predicted octanol–water partition coefficient (Wildman–Crippen LogP) is 5.22. The Bertz CT molecular complexity index is 1230. The normalized spacial score (nSPS) is 17.9. The van der Waals surface area contributed by atoms with E-state index in [1.165, 1.54) is 17.0 Å². The zero-order valence-electron chi connectivity index (χ0n) is 18.6. The van der Waals surface area contributed by atoms with E-state index in [4.69, 9.17) is 4.74 Å². The van der Waals surface area contributed by atoms with Gasteiger partial charge in [0.25, 0.3) is 11.7 Å². The third-order valence-corrected chi connectivity index (χ3v) is 5.76. The highest BCUT2D eigenvalue weighted by Gasteiger charge is 2.46. The van der Waals surface area contributed by atoms with E-state index in [-0.39, 0.29) is 29.5 Å². The van der Waals surface area contributed by atoms with Crippen LogP contribution in [0.15, 0.2) is 72.3 Å². The molecule has 6 heteroatoms. The number of ether oxygens (including phenoxy) is 1. The van der Waals surface area contributed by atoms with Gasteiger partial charge >= 0.3 is 0 Å². The minimum Gasteiger partial charge on any atom is -0.507 e. The van der Waals surface area contributed by atoms with Crippen LogP contribution in [0.4, 0.5) is 4.39 Å². The summed E-state index contributed by atoms with van der Waals surface area (Å²) in [5.74, 6) is -2.43. The summed E-state index contributed by atoms with van der Waals surface area (Å²) < 4.78 is 20.4. The number of fused-ring (bicyclic) bond motifs is 1. The van der Waals surface area contributed by atoms with Crippen LogP contribution in [0.5, 0.6) is 0 Å². The number of benzene rings is 3. The van der Waals surface area contributed by atoms with Crippen molar-refractivity contribution in [3.63, 3.8) is 0 Å². The van der Waals surface area contributed by atoms with Crippen LogP contribution in [0, 0.1) is 5.82 Å². The molecule has 3 aromatic rings. The molecule has 1 atom stereocenters. The highest BCUT2D eigenvalue weighted by Crippen LogP contribution is 2.40. The van der Waals surface area contributed by atoms with Gasteiger partial charge in [-0.3, -0.25) is 9.59 Å². The number of rotatable bonds is 7. The molecule has 4 rings (SSSR count). The third-order valence-electron chi connectivity index (χ3n) is 5.76. The fourth-order valence-electron chi connectivity index (χ4n) is 4.18. The molecule has 0 radical (unpaired) electrons. The lowest BCUT2D eigenvalue weighted by atomic mass is 9.94. The van der Waals surface area contributed by atoms with Crippen molar-refractivity contribution in [1.29, 1.82) is 0 Å². The Labute approximate surface area is 192 Å². The molecule has 1 N–H and O–H groups in total. The van der Waals surface area contributed by atoms with Crippen molar-refractivity contribution >= 4 is 28.2 Å². The van der Waals surface area contributed by atoms with Gasteiger partial charge in [0.1, 0.15) is 11.6 Å². The molecule has 170 valence electrons. The van der Waals surface area contributed by atoms with Gasteiger partial charge in [-0.15, -0.1) is 0 Å². The van der Waals surface area contributed by atoms with Crippen LogP contribution in [0.3, 0.4) is 0 Å². The number of halogens is 1. The van der Waals surface area contributed by atoms with E-state index in [0.717, 1.165) is 10.8 Å². The number of nitrogens with zero attached hydrogens (tertiary/aromatic N) is 1. The lowest BCUT2D eigenvalue weighted by Crippen LogP contribution is -2.31. The zero-order valence-corrected chi connectivity index (χ0v) is 18.6. The van der Waals surface area contributed by atoms with Crippen LogP contribution in [-0.2, 0) is 14.3 Å². The number of Topliss-reactive ketones (excluding diaryl/α,β-unsaturated/α-hetero) is 1. The molecule has 0 aliphatic carbocycles. The number of carbonyl (C=O) groups is 2. The number of likely N-dealkylation sites (tertiary alicyclic amines) is 1. The molecule has 0 bridgehead atoms. The molecule has 0 aromatic heterocycles. The quantitative estimate of drug-likeness (QED) is 0.234. The van der Waals surface area contributed by atoms with Crippen molar-refractivity contribution in [1.82, 2.24) is 4.90 Å². The third kappa shape index (κ3) is 4.52. The first-order chi connectivity index (χ1) is 15.9. The summed E-state index contributed by atoms with van der Waals surface area (Å²) >= 11 is 0. The van der Waals surface area contributed by atoms with Crippen molar-refractivity contribution in [3.8, 4) is 0 Å². The summed E-state index contributed by atoms with van der Waals surface area (Å²) in [7, 11) is 0. The number of aliphatic hydroxyl groups excluding tert-OH is 1. The molecule has 1 saturated heterocycles. The van der Waals surface area contributed by atoms with Crippen LogP contribution in [-0.4, -0.2) is 41.0 Å². The topological polar surface area (TPSA) is 66.8 Å². The summed E-state index contributed by atoms with van der Waals surface area (Å²) in [6.07, 6.45) is 0.516. The Balaban J connectivity index is 1.79.